The molecule has 5 nitrogen and oxygen atoms in total. The molecule has 0 aromatic rings. The monoisotopic (exact) mass is 358 g/mol. The summed E-state index contributed by atoms with van der Waals surface area (Å²) in [5, 5.41) is 9.55. The molecule has 6 heteroatoms. The Balaban J connectivity index is 2.79. The maximum Gasteiger partial charge on any atom is 0.407 e. The highest BCUT2D eigenvalue weighted by Crippen LogP contribution is 2.33. The minimum atomic E-state index is -1.22. The molecule has 1 atom stereocenters. The number of carboxylic acid groups (broad SMARTS) is 1. The zero-order valence-corrected chi connectivity index (χ0v) is 17.1. The van der Waals surface area contributed by atoms with E-state index >= 15 is 0 Å². The van der Waals surface area contributed by atoms with Crippen molar-refractivity contribution in [1.82, 2.24) is 4.90 Å². The molecule has 1 rings (SSSR count). The Labute approximate surface area is 150 Å². The van der Waals surface area contributed by atoms with Crippen LogP contribution in [-0.2, 0) is 11.4 Å². The zero-order valence-electron chi connectivity index (χ0n) is 16.3. The molecular weight excluding hydrogens is 324 g/mol. The second-order valence-electron chi connectivity index (χ2n) is 8.63. The minimum absolute atomic E-state index is 0.0602. The van der Waals surface area contributed by atoms with E-state index in [0.29, 0.717) is 5.92 Å². The molecule has 0 spiro atoms. The highest BCUT2D eigenvalue weighted by molar-refractivity contribution is 7.91. The first-order chi connectivity index (χ1) is 10.9. The summed E-state index contributed by atoms with van der Waals surface area (Å²) in [4.78, 5) is 13.2. The molecule has 1 aliphatic rings. The maximum atomic E-state index is 12.3. The van der Waals surface area contributed by atoms with Crippen molar-refractivity contribution in [3.63, 3.8) is 0 Å². The highest BCUT2D eigenvalue weighted by atomic mass is 32.2. The molecule has 0 aliphatic heterocycles. The molecule has 0 saturated heterocycles. The van der Waals surface area contributed by atoms with Gasteiger partial charge in [0.2, 0.25) is 0 Å². The smallest absolute Gasteiger partial charge is 0.407 e. The van der Waals surface area contributed by atoms with Crippen LogP contribution in [0, 0.1) is 5.92 Å². The summed E-state index contributed by atoms with van der Waals surface area (Å²) in [6, 6.07) is 0.0602. The number of carbonyl (C=O) groups is 1. The first-order valence-electron chi connectivity index (χ1n) is 8.89. The Hall–Kier alpha value is -0.750. The van der Waals surface area contributed by atoms with E-state index in [0.717, 1.165) is 37.8 Å². The summed E-state index contributed by atoms with van der Waals surface area (Å²) in [6.07, 6.45) is 3.48. The van der Waals surface area contributed by atoms with Gasteiger partial charge >= 0.3 is 6.09 Å². The van der Waals surface area contributed by atoms with Crippen molar-refractivity contribution >= 4 is 23.2 Å². The number of rotatable bonds is 4. The topological polar surface area (TPSA) is 76.0 Å². The van der Waals surface area contributed by atoms with Gasteiger partial charge in [0.25, 0.3) is 0 Å². The third-order valence-electron chi connectivity index (χ3n) is 4.55. The number of hydrogen-bond acceptors (Lipinski definition) is 3. The van der Waals surface area contributed by atoms with Gasteiger partial charge in [-0.3, -0.25) is 0 Å². The van der Waals surface area contributed by atoms with E-state index in [1.165, 1.54) is 0 Å². The largest absolute Gasteiger partial charge is 0.591 e. The highest BCUT2D eigenvalue weighted by Gasteiger charge is 2.37. The van der Waals surface area contributed by atoms with Gasteiger partial charge in [0, 0.05) is 17.5 Å². The maximum absolute atomic E-state index is 12.3. The Morgan fingerprint density at radius 3 is 2.00 bits per heavy atom. The molecule has 0 heterocycles. The standard InChI is InChI=1S/C18H34N2O3S/c1-8-15(19-24(23)18(5,6)7)13-9-11-14(12-10-13)20(16(21)22)17(2,3)4/h13-14H,8-12H2,1-7H3,(H,21,22)/b19-15+/t13-,14-,24-/m0/s1. The van der Waals surface area contributed by atoms with Gasteiger partial charge in [-0.25, -0.2) is 4.79 Å². The molecule has 1 N–H and O–H groups in total. The summed E-state index contributed by atoms with van der Waals surface area (Å²) < 4.78 is 16.5. The molecule has 1 saturated carbocycles. The van der Waals surface area contributed by atoms with Gasteiger partial charge in [0.1, 0.15) is 16.1 Å². The number of amides is 1. The van der Waals surface area contributed by atoms with Crippen LogP contribution >= 0.6 is 0 Å². The Morgan fingerprint density at radius 2 is 1.67 bits per heavy atom. The number of nitrogens with zero attached hydrogens (tertiary/aromatic N) is 2. The van der Waals surface area contributed by atoms with Crippen LogP contribution in [0.2, 0.25) is 0 Å². The van der Waals surface area contributed by atoms with Crippen molar-refractivity contribution in [2.24, 2.45) is 10.3 Å². The fraction of sp³-hybridized carbons (Fsp3) is 0.889. The average molecular weight is 359 g/mol. The summed E-state index contributed by atoms with van der Waals surface area (Å²) in [5.41, 5.74) is 0.637. The number of hydrogen-bond donors (Lipinski definition) is 1. The molecule has 0 unspecified atom stereocenters. The third kappa shape index (κ3) is 5.66. The molecule has 140 valence electrons. The Bertz CT molecular complexity index is 458. The van der Waals surface area contributed by atoms with Crippen LogP contribution in [0.15, 0.2) is 4.40 Å². The van der Waals surface area contributed by atoms with E-state index in [4.69, 9.17) is 0 Å². The minimum Gasteiger partial charge on any atom is -0.591 e. The first kappa shape index (κ1) is 21.3. The Kier molecular flexibility index (Phi) is 7.17. The normalized spacial score (nSPS) is 24.6. The fourth-order valence-electron chi connectivity index (χ4n) is 3.33. The summed E-state index contributed by atoms with van der Waals surface area (Å²) in [5.74, 6) is 0.327. The second kappa shape index (κ2) is 8.09. The molecule has 0 bridgehead atoms. The summed E-state index contributed by atoms with van der Waals surface area (Å²) in [6.45, 7) is 13.7. The van der Waals surface area contributed by atoms with Gasteiger partial charge in [0.15, 0.2) is 0 Å². The average Bonchev–Trinajstić information content (AvgIpc) is 2.42. The van der Waals surface area contributed by atoms with Gasteiger partial charge in [-0.1, -0.05) is 11.3 Å². The van der Waals surface area contributed by atoms with E-state index in [9.17, 15) is 14.5 Å². The van der Waals surface area contributed by atoms with Gasteiger partial charge in [-0.15, -0.1) is 0 Å². The molecule has 1 aliphatic carbocycles. The van der Waals surface area contributed by atoms with E-state index < -0.39 is 23.0 Å². The molecule has 0 radical (unpaired) electrons. The third-order valence-corrected chi connectivity index (χ3v) is 6.00. The summed E-state index contributed by atoms with van der Waals surface area (Å²) in [7, 11) is 0. The SMILES string of the molecule is CC/C(=N\[S@@+]([O-])C(C)(C)C)[C@H]1CC[C@H](N(C(=O)O)C(C)(C)C)CC1. The molecule has 0 aromatic heterocycles. The van der Waals surface area contributed by atoms with Crippen molar-refractivity contribution < 1.29 is 14.5 Å². The lowest BCUT2D eigenvalue weighted by Gasteiger charge is -2.42. The Morgan fingerprint density at radius 1 is 1.17 bits per heavy atom. The molecule has 24 heavy (non-hydrogen) atoms. The van der Waals surface area contributed by atoms with Gasteiger partial charge in [-0.2, -0.15) is 0 Å². The lowest BCUT2D eigenvalue weighted by molar-refractivity contribution is 0.0540. The van der Waals surface area contributed by atoms with Crippen molar-refractivity contribution in [2.45, 2.75) is 96.9 Å². The quantitative estimate of drug-likeness (QED) is 0.587. The zero-order chi connectivity index (χ0) is 18.7. The van der Waals surface area contributed by atoms with E-state index in [1.54, 1.807) is 4.90 Å². The lowest BCUT2D eigenvalue weighted by Crippen LogP contribution is -2.52. The van der Waals surface area contributed by atoms with Crippen molar-refractivity contribution in [3.05, 3.63) is 0 Å². The van der Waals surface area contributed by atoms with Gasteiger partial charge in [0.05, 0.1) is 5.71 Å². The van der Waals surface area contributed by atoms with Crippen molar-refractivity contribution in [2.75, 3.05) is 0 Å². The summed E-state index contributed by atoms with van der Waals surface area (Å²) >= 11 is -1.22. The van der Waals surface area contributed by atoms with Crippen LogP contribution in [0.25, 0.3) is 0 Å². The fourth-order valence-corrected chi connectivity index (χ4v) is 4.09. The van der Waals surface area contributed by atoms with Crippen molar-refractivity contribution in [1.29, 1.82) is 0 Å². The lowest BCUT2D eigenvalue weighted by atomic mass is 9.81. The molecule has 0 aromatic carbocycles. The van der Waals surface area contributed by atoms with Crippen LogP contribution in [0.4, 0.5) is 4.79 Å². The molecule has 1 amide bonds. The first-order valence-corrected chi connectivity index (χ1v) is 10.00. The van der Waals surface area contributed by atoms with Gasteiger partial charge < -0.3 is 14.6 Å². The van der Waals surface area contributed by atoms with Crippen LogP contribution < -0.4 is 0 Å². The predicted octanol–water partition coefficient (Wildman–Crippen LogP) is 4.64. The van der Waals surface area contributed by atoms with Crippen LogP contribution in [0.3, 0.4) is 0 Å². The van der Waals surface area contributed by atoms with E-state index in [2.05, 4.69) is 11.3 Å². The van der Waals surface area contributed by atoms with Crippen molar-refractivity contribution in [3.8, 4) is 0 Å². The van der Waals surface area contributed by atoms with E-state index in [1.807, 2.05) is 41.5 Å². The predicted molar refractivity (Wildman–Crippen MR) is 101 cm³/mol. The van der Waals surface area contributed by atoms with Crippen LogP contribution in [0.5, 0.6) is 0 Å². The van der Waals surface area contributed by atoms with Gasteiger partial charge in [-0.05, 0) is 73.6 Å². The molecular formula is C18H34N2O3S. The van der Waals surface area contributed by atoms with Crippen LogP contribution in [0.1, 0.15) is 80.6 Å². The van der Waals surface area contributed by atoms with Crippen LogP contribution in [-0.4, -0.2) is 42.7 Å². The molecule has 1 fully saturated rings. The second-order valence-corrected chi connectivity index (χ2v) is 10.5. The van der Waals surface area contributed by atoms with E-state index in [-0.39, 0.29) is 10.8 Å².